The van der Waals surface area contributed by atoms with Crippen LogP contribution >= 0.6 is 12.2 Å². The lowest BCUT2D eigenvalue weighted by Gasteiger charge is -2.29. The second-order valence-electron chi connectivity index (χ2n) is 7.93. The fraction of sp³-hybridized carbons (Fsp3) is 0.320. The van der Waals surface area contributed by atoms with Crippen LogP contribution in [0.15, 0.2) is 60.8 Å². The standard InChI is InChI=1S/C25H28N4O3S/c1-17-9-14-21(29(17)18-10-12-19(31-2)13-11-18)24-23(20-7-4-5-15-26-20)27-25(33)28(24)16-6-8-22(30)32-3/h4-5,7,9-15,23-24H,6,8,16H2,1-3H3,(H,27,33). The number of rotatable bonds is 8. The number of carbonyl (C=O) groups is 1. The van der Waals surface area contributed by atoms with Gasteiger partial charge in [-0.3, -0.25) is 9.78 Å². The van der Waals surface area contributed by atoms with Crippen LogP contribution in [-0.4, -0.2) is 46.3 Å². The van der Waals surface area contributed by atoms with E-state index in [2.05, 4.69) is 38.8 Å². The third-order valence-corrected chi connectivity index (χ3v) is 6.30. The number of nitrogens with one attached hydrogen (secondary N) is 1. The monoisotopic (exact) mass is 464 g/mol. The minimum atomic E-state index is -0.219. The number of esters is 1. The SMILES string of the molecule is COC(=O)CCCN1C(=S)NC(c2ccccn2)C1c1ccc(C)n1-c1ccc(OC)cc1. The molecule has 1 aromatic carbocycles. The molecule has 3 aromatic rings. The zero-order valence-corrected chi connectivity index (χ0v) is 19.8. The van der Waals surface area contributed by atoms with Crippen LogP contribution in [0, 0.1) is 6.92 Å². The van der Waals surface area contributed by atoms with Crippen molar-refractivity contribution in [3.8, 4) is 11.4 Å². The predicted molar refractivity (Wildman–Crippen MR) is 130 cm³/mol. The Bertz CT molecular complexity index is 1110. The zero-order chi connectivity index (χ0) is 23.4. The molecule has 1 aliphatic rings. The van der Waals surface area contributed by atoms with Crippen LogP contribution in [0.25, 0.3) is 5.69 Å². The second kappa shape index (κ2) is 10.0. The zero-order valence-electron chi connectivity index (χ0n) is 19.0. The first-order chi connectivity index (χ1) is 16.0. The summed E-state index contributed by atoms with van der Waals surface area (Å²) >= 11 is 5.75. The number of nitrogens with zero attached hydrogens (tertiary/aromatic N) is 3. The molecule has 7 nitrogen and oxygen atoms in total. The number of benzene rings is 1. The number of ether oxygens (including phenoxy) is 2. The molecule has 1 N–H and O–H groups in total. The van der Waals surface area contributed by atoms with E-state index in [-0.39, 0.29) is 18.1 Å². The maximum Gasteiger partial charge on any atom is 0.305 e. The first-order valence-electron chi connectivity index (χ1n) is 10.9. The van der Waals surface area contributed by atoms with Gasteiger partial charge in [0.25, 0.3) is 0 Å². The minimum absolute atomic E-state index is 0.0964. The largest absolute Gasteiger partial charge is 0.497 e. The van der Waals surface area contributed by atoms with E-state index in [1.54, 1.807) is 13.3 Å². The summed E-state index contributed by atoms with van der Waals surface area (Å²) in [6.45, 7) is 2.72. The molecule has 0 bridgehead atoms. The normalized spacial score (nSPS) is 17.7. The molecule has 0 radical (unpaired) electrons. The smallest absolute Gasteiger partial charge is 0.305 e. The number of aromatic nitrogens is 2. The van der Waals surface area contributed by atoms with Gasteiger partial charge < -0.3 is 24.3 Å². The average Bonchev–Trinajstić information content (AvgIpc) is 3.38. The highest BCUT2D eigenvalue weighted by atomic mass is 32.1. The minimum Gasteiger partial charge on any atom is -0.497 e. The first kappa shape index (κ1) is 22.8. The fourth-order valence-electron chi connectivity index (χ4n) is 4.34. The van der Waals surface area contributed by atoms with Gasteiger partial charge in [0.1, 0.15) is 5.75 Å². The van der Waals surface area contributed by atoms with Gasteiger partial charge in [0.15, 0.2) is 5.11 Å². The summed E-state index contributed by atoms with van der Waals surface area (Å²) in [5, 5.41) is 4.13. The average molecular weight is 465 g/mol. The van der Waals surface area contributed by atoms with Gasteiger partial charge in [-0.15, -0.1) is 0 Å². The van der Waals surface area contributed by atoms with Crippen molar-refractivity contribution < 1.29 is 14.3 Å². The second-order valence-corrected chi connectivity index (χ2v) is 8.32. The molecule has 8 heteroatoms. The molecular formula is C25H28N4O3S. The van der Waals surface area contributed by atoms with Crippen molar-refractivity contribution in [2.45, 2.75) is 31.8 Å². The van der Waals surface area contributed by atoms with Crippen LogP contribution in [0.3, 0.4) is 0 Å². The van der Waals surface area contributed by atoms with Gasteiger partial charge in [-0.2, -0.15) is 0 Å². The molecule has 2 atom stereocenters. The van der Waals surface area contributed by atoms with Crippen molar-refractivity contribution >= 4 is 23.3 Å². The van der Waals surface area contributed by atoms with E-state index in [0.717, 1.165) is 28.5 Å². The summed E-state index contributed by atoms with van der Waals surface area (Å²) in [7, 11) is 3.07. The van der Waals surface area contributed by atoms with Crippen molar-refractivity contribution in [1.29, 1.82) is 0 Å². The van der Waals surface area contributed by atoms with Crippen LogP contribution in [0.2, 0.25) is 0 Å². The molecule has 2 unspecified atom stereocenters. The number of aryl methyl sites for hydroxylation is 1. The number of methoxy groups -OCH3 is 2. The Morgan fingerprint density at radius 2 is 1.91 bits per heavy atom. The van der Waals surface area contributed by atoms with Crippen LogP contribution in [-0.2, 0) is 9.53 Å². The summed E-state index contributed by atoms with van der Waals surface area (Å²) in [6, 6.07) is 18.0. The Kier molecular flexibility index (Phi) is 6.93. The van der Waals surface area contributed by atoms with Gasteiger partial charge in [0.05, 0.1) is 32.0 Å². The molecule has 0 saturated carbocycles. The van der Waals surface area contributed by atoms with Crippen LogP contribution in [0.5, 0.6) is 5.75 Å². The molecule has 2 aromatic heterocycles. The molecular weight excluding hydrogens is 436 g/mol. The molecule has 1 fully saturated rings. The Morgan fingerprint density at radius 3 is 2.58 bits per heavy atom. The Labute approximate surface area is 199 Å². The highest BCUT2D eigenvalue weighted by Gasteiger charge is 2.41. The highest BCUT2D eigenvalue weighted by molar-refractivity contribution is 7.80. The molecule has 1 aliphatic heterocycles. The third kappa shape index (κ3) is 4.71. The van der Waals surface area contributed by atoms with Gasteiger partial charge in [0, 0.05) is 36.2 Å². The lowest BCUT2D eigenvalue weighted by Crippen LogP contribution is -2.31. The van der Waals surface area contributed by atoms with Crippen LogP contribution < -0.4 is 10.1 Å². The maximum absolute atomic E-state index is 11.7. The molecule has 0 aliphatic carbocycles. The van der Waals surface area contributed by atoms with Crippen molar-refractivity contribution in [2.24, 2.45) is 0 Å². The molecule has 0 amide bonds. The maximum atomic E-state index is 11.7. The van der Waals surface area contributed by atoms with Crippen molar-refractivity contribution in [2.75, 3.05) is 20.8 Å². The van der Waals surface area contributed by atoms with Gasteiger partial charge in [-0.25, -0.2) is 0 Å². The first-order valence-corrected chi connectivity index (χ1v) is 11.3. The van der Waals surface area contributed by atoms with Gasteiger partial charge in [-0.1, -0.05) is 6.07 Å². The van der Waals surface area contributed by atoms with Crippen molar-refractivity contribution in [3.63, 3.8) is 0 Å². The van der Waals surface area contributed by atoms with E-state index in [4.69, 9.17) is 21.7 Å². The van der Waals surface area contributed by atoms with E-state index in [9.17, 15) is 4.79 Å². The van der Waals surface area contributed by atoms with E-state index in [1.165, 1.54) is 7.11 Å². The van der Waals surface area contributed by atoms with Gasteiger partial charge in [-0.05, 0) is 74.1 Å². The fourth-order valence-corrected chi connectivity index (χ4v) is 4.67. The topological polar surface area (TPSA) is 68.6 Å². The summed E-state index contributed by atoms with van der Waals surface area (Å²) in [5.41, 5.74) is 4.17. The van der Waals surface area contributed by atoms with E-state index in [1.807, 2.05) is 42.5 Å². The van der Waals surface area contributed by atoms with E-state index >= 15 is 0 Å². The molecule has 0 spiro atoms. The molecule has 4 rings (SSSR count). The third-order valence-electron chi connectivity index (χ3n) is 5.95. The number of hydrogen-bond acceptors (Lipinski definition) is 5. The van der Waals surface area contributed by atoms with Crippen LogP contribution in [0.1, 0.15) is 42.0 Å². The van der Waals surface area contributed by atoms with Crippen molar-refractivity contribution in [1.82, 2.24) is 19.8 Å². The molecule has 3 heterocycles. The molecule has 1 saturated heterocycles. The Balaban J connectivity index is 1.74. The number of hydrogen-bond donors (Lipinski definition) is 1. The molecule has 33 heavy (non-hydrogen) atoms. The Morgan fingerprint density at radius 1 is 1.12 bits per heavy atom. The summed E-state index contributed by atoms with van der Waals surface area (Å²) in [5.74, 6) is 0.591. The van der Waals surface area contributed by atoms with E-state index < -0.39 is 0 Å². The summed E-state index contributed by atoms with van der Waals surface area (Å²) < 4.78 is 12.4. The highest BCUT2D eigenvalue weighted by Crippen LogP contribution is 2.40. The summed E-state index contributed by atoms with van der Waals surface area (Å²) in [4.78, 5) is 18.5. The van der Waals surface area contributed by atoms with E-state index in [0.29, 0.717) is 24.5 Å². The van der Waals surface area contributed by atoms with Crippen LogP contribution in [0.4, 0.5) is 0 Å². The van der Waals surface area contributed by atoms with Gasteiger partial charge in [0.2, 0.25) is 0 Å². The number of thiocarbonyl (C=S) groups is 1. The lowest BCUT2D eigenvalue weighted by atomic mass is 10.0. The molecule has 172 valence electrons. The Hall–Kier alpha value is -3.39. The summed E-state index contributed by atoms with van der Waals surface area (Å²) in [6.07, 6.45) is 2.78. The number of carbonyl (C=O) groups excluding carboxylic acids is 1. The quantitative estimate of drug-likeness (QED) is 0.397. The lowest BCUT2D eigenvalue weighted by molar-refractivity contribution is -0.140. The van der Waals surface area contributed by atoms with Gasteiger partial charge >= 0.3 is 5.97 Å². The van der Waals surface area contributed by atoms with Crippen molar-refractivity contribution in [3.05, 3.63) is 77.9 Å². The number of pyridine rings is 1. The predicted octanol–water partition coefficient (Wildman–Crippen LogP) is 4.12.